The monoisotopic (exact) mass is 232 g/mol. The van der Waals surface area contributed by atoms with E-state index in [0.717, 1.165) is 29.3 Å². The predicted molar refractivity (Wildman–Crippen MR) is 65.0 cm³/mol. The molecular weight excluding hydrogens is 219 g/mol. The standard InChI is InChI=1S/C12H13FN4/c1-16-7-8-6-14-17(2)12(8)15-10-5-9(13)3-4-11(10)16/h3-6,15H,7H2,1-2H3. The van der Waals surface area contributed by atoms with Gasteiger partial charge in [-0.1, -0.05) is 0 Å². The molecule has 0 aliphatic carbocycles. The summed E-state index contributed by atoms with van der Waals surface area (Å²) in [5.41, 5.74) is 2.86. The van der Waals surface area contributed by atoms with Crippen LogP contribution in [0.3, 0.4) is 0 Å². The van der Waals surface area contributed by atoms with Crippen molar-refractivity contribution in [2.24, 2.45) is 7.05 Å². The number of aromatic nitrogens is 2. The van der Waals surface area contributed by atoms with Gasteiger partial charge in [-0.15, -0.1) is 0 Å². The van der Waals surface area contributed by atoms with Crippen molar-refractivity contribution in [2.75, 3.05) is 17.3 Å². The predicted octanol–water partition coefficient (Wildman–Crippen LogP) is 2.25. The topological polar surface area (TPSA) is 33.1 Å². The van der Waals surface area contributed by atoms with E-state index in [9.17, 15) is 4.39 Å². The highest BCUT2D eigenvalue weighted by atomic mass is 19.1. The number of hydrogen-bond acceptors (Lipinski definition) is 3. The Kier molecular flexibility index (Phi) is 2.07. The van der Waals surface area contributed by atoms with Crippen LogP contribution < -0.4 is 10.2 Å². The van der Waals surface area contributed by atoms with Crippen molar-refractivity contribution in [3.63, 3.8) is 0 Å². The van der Waals surface area contributed by atoms with Gasteiger partial charge in [-0.05, 0) is 18.2 Å². The summed E-state index contributed by atoms with van der Waals surface area (Å²) in [4.78, 5) is 2.08. The Bertz CT molecular complexity index is 576. The highest BCUT2D eigenvalue weighted by molar-refractivity contribution is 5.77. The van der Waals surface area contributed by atoms with Crippen LogP contribution in [0.5, 0.6) is 0 Å². The molecule has 1 aliphatic heterocycles. The Morgan fingerprint density at radius 1 is 1.35 bits per heavy atom. The molecule has 0 bridgehead atoms. The number of nitrogens with one attached hydrogen (secondary N) is 1. The second-order valence-corrected chi connectivity index (χ2v) is 4.28. The van der Waals surface area contributed by atoms with Gasteiger partial charge in [-0.3, -0.25) is 4.68 Å². The molecule has 88 valence electrons. The van der Waals surface area contributed by atoms with Crippen LogP contribution in [0, 0.1) is 5.82 Å². The quantitative estimate of drug-likeness (QED) is 0.756. The van der Waals surface area contributed by atoms with E-state index in [1.165, 1.54) is 12.1 Å². The SMILES string of the molecule is CN1Cc2cnn(C)c2Nc2cc(F)ccc21. The van der Waals surface area contributed by atoms with E-state index in [0.29, 0.717) is 0 Å². The Morgan fingerprint density at radius 3 is 3.00 bits per heavy atom. The Morgan fingerprint density at radius 2 is 2.18 bits per heavy atom. The van der Waals surface area contributed by atoms with E-state index in [4.69, 9.17) is 0 Å². The fourth-order valence-electron chi connectivity index (χ4n) is 2.17. The highest BCUT2D eigenvalue weighted by Gasteiger charge is 2.19. The fourth-order valence-corrected chi connectivity index (χ4v) is 2.17. The minimum Gasteiger partial charge on any atom is -0.368 e. The molecule has 2 heterocycles. The first-order valence-electron chi connectivity index (χ1n) is 5.44. The lowest BCUT2D eigenvalue weighted by Crippen LogP contribution is -2.15. The lowest BCUT2D eigenvalue weighted by atomic mass is 10.2. The molecule has 0 amide bonds. The number of anilines is 3. The molecule has 0 saturated carbocycles. The summed E-state index contributed by atoms with van der Waals surface area (Å²) >= 11 is 0. The summed E-state index contributed by atoms with van der Waals surface area (Å²) in [5.74, 6) is 0.677. The summed E-state index contributed by atoms with van der Waals surface area (Å²) < 4.78 is 15.0. The molecule has 0 atom stereocenters. The van der Waals surface area contributed by atoms with Crippen LogP contribution in [0.15, 0.2) is 24.4 Å². The molecule has 1 aromatic carbocycles. The van der Waals surface area contributed by atoms with Crippen LogP contribution >= 0.6 is 0 Å². The molecule has 0 unspecified atom stereocenters. The van der Waals surface area contributed by atoms with Crippen molar-refractivity contribution in [1.29, 1.82) is 0 Å². The number of nitrogens with zero attached hydrogens (tertiary/aromatic N) is 3. The maximum Gasteiger partial charge on any atom is 0.133 e. The van der Waals surface area contributed by atoms with E-state index >= 15 is 0 Å². The molecule has 3 rings (SSSR count). The van der Waals surface area contributed by atoms with Gasteiger partial charge in [0.2, 0.25) is 0 Å². The van der Waals surface area contributed by atoms with Crippen molar-refractivity contribution in [3.05, 3.63) is 35.8 Å². The zero-order valence-corrected chi connectivity index (χ0v) is 9.74. The number of rotatable bonds is 0. The van der Waals surface area contributed by atoms with E-state index in [2.05, 4.69) is 15.3 Å². The zero-order valence-electron chi connectivity index (χ0n) is 9.74. The molecule has 17 heavy (non-hydrogen) atoms. The van der Waals surface area contributed by atoms with Crippen LogP contribution in [-0.4, -0.2) is 16.8 Å². The Balaban J connectivity index is 2.16. The maximum absolute atomic E-state index is 13.3. The summed E-state index contributed by atoms with van der Waals surface area (Å²) in [7, 11) is 3.86. The summed E-state index contributed by atoms with van der Waals surface area (Å²) in [6.07, 6.45) is 1.83. The van der Waals surface area contributed by atoms with E-state index < -0.39 is 0 Å². The molecule has 0 radical (unpaired) electrons. The summed E-state index contributed by atoms with van der Waals surface area (Å²) in [6.45, 7) is 0.759. The first-order valence-corrected chi connectivity index (χ1v) is 5.44. The van der Waals surface area contributed by atoms with Gasteiger partial charge in [-0.25, -0.2) is 4.39 Å². The molecule has 0 spiro atoms. The molecule has 2 aromatic rings. The van der Waals surface area contributed by atoms with E-state index in [1.807, 2.05) is 20.3 Å². The van der Waals surface area contributed by atoms with Crippen LogP contribution in [0.1, 0.15) is 5.56 Å². The molecule has 0 saturated heterocycles. The van der Waals surface area contributed by atoms with Gasteiger partial charge >= 0.3 is 0 Å². The number of hydrogen-bond donors (Lipinski definition) is 1. The second-order valence-electron chi connectivity index (χ2n) is 4.28. The van der Waals surface area contributed by atoms with Crippen LogP contribution in [0.25, 0.3) is 0 Å². The summed E-state index contributed by atoms with van der Waals surface area (Å²) in [5, 5.41) is 7.44. The summed E-state index contributed by atoms with van der Waals surface area (Å²) in [6, 6.07) is 4.77. The molecule has 1 aromatic heterocycles. The third-order valence-corrected chi connectivity index (χ3v) is 3.04. The lowest BCUT2D eigenvalue weighted by molar-refractivity contribution is 0.628. The number of benzene rings is 1. The third kappa shape index (κ3) is 1.54. The highest BCUT2D eigenvalue weighted by Crippen LogP contribution is 2.34. The molecule has 5 heteroatoms. The van der Waals surface area contributed by atoms with Crippen molar-refractivity contribution in [2.45, 2.75) is 6.54 Å². The second kappa shape index (κ2) is 3.48. The fraction of sp³-hybridized carbons (Fsp3) is 0.250. The smallest absolute Gasteiger partial charge is 0.133 e. The largest absolute Gasteiger partial charge is 0.368 e. The van der Waals surface area contributed by atoms with Crippen molar-refractivity contribution in [1.82, 2.24) is 9.78 Å². The van der Waals surface area contributed by atoms with Gasteiger partial charge in [0.15, 0.2) is 0 Å². The number of fused-ring (bicyclic) bond motifs is 2. The minimum absolute atomic E-state index is 0.240. The van der Waals surface area contributed by atoms with Crippen molar-refractivity contribution in [3.8, 4) is 0 Å². The normalized spacial score (nSPS) is 13.7. The van der Waals surface area contributed by atoms with Crippen LogP contribution in [-0.2, 0) is 13.6 Å². The first-order chi connectivity index (χ1) is 8.15. The van der Waals surface area contributed by atoms with Crippen LogP contribution in [0.4, 0.5) is 21.6 Å². The minimum atomic E-state index is -0.240. The maximum atomic E-state index is 13.3. The van der Waals surface area contributed by atoms with Gasteiger partial charge in [0.1, 0.15) is 11.6 Å². The van der Waals surface area contributed by atoms with E-state index in [1.54, 1.807) is 10.7 Å². The molecule has 0 fully saturated rings. The average molecular weight is 232 g/mol. The molecule has 1 aliphatic rings. The molecular formula is C12H13FN4. The first kappa shape index (κ1) is 10.1. The third-order valence-electron chi connectivity index (χ3n) is 3.04. The molecule has 1 N–H and O–H groups in total. The number of aryl methyl sites for hydroxylation is 1. The van der Waals surface area contributed by atoms with Gasteiger partial charge in [0, 0.05) is 26.2 Å². The lowest BCUT2D eigenvalue weighted by Gasteiger charge is -2.18. The number of halogens is 1. The molecule has 4 nitrogen and oxygen atoms in total. The van der Waals surface area contributed by atoms with Gasteiger partial charge in [-0.2, -0.15) is 5.10 Å². The van der Waals surface area contributed by atoms with Crippen molar-refractivity contribution >= 4 is 17.2 Å². The van der Waals surface area contributed by atoms with Gasteiger partial charge < -0.3 is 10.2 Å². The Hall–Kier alpha value is -2.04. The average Bonchev–Trinajstić information content (AvgIpc) is 2.56. The van der Waals surface area contributed by atoms with Gasteiger partial charge in [0.25, 0.3) is 0 Å². The van der Waals surface area contributed by atoms with E-state index in [-0.39, 0.29) is 5.82 Å². The van der Waals surface area contributed by atoms with Crippen LogP contribution in [0.2, 0.25) is 0 Å². The van der Waals surface area contributed by atoms with Gasteiger partial charge in [0.05, 0.1) is 17.6 Å². The van der Waals surface area contributed by atoms with Crippen molar-refractivity contribution < 1.29 is 4.39 Å². The zero-order chi connectivity index (χ0) is 12.0. The Labute approximate surface area is 98.7 Å².